The minimum Gasteiger partial charge on any atom is -0.243 e. The fourth-order valence-corrected chi connectivity index (χ4v) is 0.956. The Morgan fingerprint density at radius 2 is 2.31 bits per heavy atom. The first-order chi connectivity index (χ1) is 6.33. The van der Waals surface area contributed by atoms with Gasteiger partial charge in [-0.2, -0.15) is 0 Å². The fourth-order valence-electron chi connectivity index (χ4n) is 0.956. The zero-order chi connectivity index (χ0) is 9.26. The van der Waals surface area contributed by atoms with Crippen molar-refractivity contribution in [2.75, 3.05) is 0 Å². The van der Waals surface area contributed by atoms with Crippen LogP contribution in [0.4, 0.5) is 4.79 Å². The predicted molar refractivity (Wildman–Crippen MR) is 41.9 cm³/mol. The van der Waals surface area contributed by atoms with Gasteiger partial charge in [-0.15, -0.1) is 4.91 Å². The molecule has 7 nitrogen and oxygen atoms in total. The lowest BCUT2D eigenvalue weighted by Crippen LogP contribution is -2.03. The summed E-state index contributed by atoms with van der Waals surface area (Å²) >= 11 is 0. The Morgan fingerprint density at radius 3 is 3.08 bits per heavy atom. The Labute approximate surface area is 71.4 Å². The fraction of sp³-hybridized carbons (Fsp3) is 0. The second-order valence-electron chi connectivity index (χ2n) is 2.22. The maximum absolute atomic E-state index is 10.9. The third-order valence-electron chi connectivity index (χ3n) is 1.51. The molecule has 0 aliphatic carbocycles. The number of rotatable bonds is 0. The molecule has 0 radical (unpaired) electrons. The van der Waals surface area contributed by atoms with Crippen LogP contribution < -0.4 is 0 Å². The van der Waals surface area contributed by atoms with Gasteiger partial charge in [0.05, 0.1) is 6.20 Å². The number of nitrogens with zero attached hydrogens (tertiary/aromatic N) is 5. The summed E-state index contributed by atoms with van der Waals surface area (Å²) in [5.74, 6) is 0. The maximum Gasteiger partial charge on any atom is 0.391 e. The van der Waals surface area contributed by atoms with E-state index in [1.807, 2.05) is 0 Å². The molecule has 13 heavy (non-hydrogen) atoms. The number of aromatic nitrogens is 4. The Morgan fingerprint density at radius 1 is 1.46 bits per heavy atom. The molecule has 0 fully saturated rings. The summed E-state index contributed by atoms with van der Waals surface area (Å²) < 4.78 is 0.988. The molecule has 0 saturated heterocycles. The summed E-state index contributed by atoms with van der Waals surface area (Å²) in [4.78, 5) is 32.1. The highest BCUT2D eigenvalue weighted by atomic mass is 16.3. The molecule has 2 rings (SSSR count). The molecule has 0 aliphatic rings. The smallest absolute Gasteiger partial charge is 0.243 e. The topological polar surface area (TPSA) is 90.1 Å². The zero-order valence-electron chi connectivity index (χ0n) is 6.28. The largest absolute Gasteiger partial charge is 0.391 e. The number of carbonyl (C=O) groups excluding carboxylic acids is 1. The molecule has 0 saturated carbocycles. The van der Waals surface area contributed by atoms with Crippen molar-refractivity contribution in [3.8, 4) is 0 Å². The van der Waals surface area contributed by atoms with Gasteiger partial charge in [-0.25, -0.2) is 24.3 Å². The Balaban J connectivity index is 2.71. The summed E-state index contributed by atoms with van der Waals surface area (Å²) in [6, 6.07) is -0.933. The van der Waals surface area contributed by atoms with E-state index in [1.54, 1.807) is 0 Å². The second-order valence-corrected chi connectivity index (χ2v) is 2.22. The minimum atomic E-state index is -0.933. The summed E-state index contributed by atoms with van der Waals surface area (Å²) in [6.45, 7) is 0. The lowest BCUT2D eigenvalue weighted by molar-refractivity contribution is 0.251. The molecular formula is C6H3N5O2. The third kappa shape index (κ3) is 1.06. The Bertz CT molecular complexity index is 477. The Kier molecular flexibility index (Phi) is 1.55. The number of hydrogen-bond donors (Lipinski definition) is 0. The third-order valence-corrected chi connectivity index (χ3v) is 1.51. The van der Waals surface area contributed by atoms with Gasteiger partial charge >= 0.3 is 6.03 Å². The van der Waals surface area contributed by atoms with Crippen LogP contribution in [0.2, 0.25) is 0 Å². The van der Waals surface area contributed by atoms with Crippen molar-refractivity contribution in [3.63, 3.8) is 0 Å². The van der Waals surface area contributed by atoms with Gasteiger partial charge in [0.25, 0.3) is 0 Å². The first-order valence-electron chi connectivity index (χ1n) is 3.33. The molecular weight excluding hydrogens is 174 g/mol. The van der Waals surface area contributed by atoms with E-state index in [0.29, 0.717) is 11.2 Å². The number of carbonyl (C=O) groups is 1. The van der Waals surface area contributed by atoms with Crippen LogP contribution in [0.5, 0.6) is 0 Å². The van der Waals surface area contributed by atoms with Crippen LogP contribution in [0.1, 0.15) is 0 Å². The standard InChI is InChI=1S/C6H3N5O2/c12-6(10-13)11-3-9-5-4(11)1-7-2-8-5/h1-3H. The molecule has 7 heteroatoms. The number of hydrogen-bond acceptors (Lipinski definition) is 5. The van der Waals surface area contributed by atoms with Gasteiger partial charge in [-0.3, -0.25) is 0 Å². The van der Waals surface area contributed by atoms with E-state index < -0.39 is 6.03 Å². The quantitative estimate of drug-likeness (QED) is 0.548. The first kappa shape index (κ1) is 7.47. The van der Waals surface area contributed by atoms with E-state index in [9.17, 15) is 9.70 Å². The van der Waals surface area contributed by atoms with E-state index >= 15 is 0 Å². The zero-order valence-corrected chi connectivity index (χ0v) is 6.28. The van der Waals surface area contributed by atoms with Gasteiger partial charge in [-0.1, -0.05) is 0 Å². The summed E-state index contributed by atoms with van der Waals surface area (Å²) in [5.41, 5.74) is 0.721. The van der Waals surface area contributed by atoms with E-state index in [4.69, 9.17) is 0 Å². The molecule has 2 aromatic heterocycles. The summed E-state index contributed by atoms with van der Waals surface area (Å²) in [6.07, 6.45) is 3.87. The van der Waals surface area contributed by atoms with Crippen molar-refractivity contribution >= 4 is 17.2 Å². The van der Waals surface area contributed by atoms with Crippen LogP contribution in [-0.4, -0.2) is 25.6 Å². The summed E-state index contributed by atoms with van der Waals surface area (Å²) in [7, 11) is 0. The van der Waals surface area contributed by atoms with Crippen LogP contribution in [0.25, 0.3) is 11.2 Å². The molecule has 1 amide bonds. The summed E-state index contributed by atoms with van der Waals surface area (Å²) in [5, 5.41) is 2.26. The van der Waals surface area contributed by atoms with Crippen molar-refractivity contribution < 1.29 is 4.79 Å². The molecule has 0 atom stereocenters. The SMILES string of the molecule is O=NC(=O)n1cnc2ncncc21. The molecule has 0 aromatic carbocycles. The first-order valence-corrected chi connectivity index (χ1v) is 3.33. The van der Waals surface area contributed by atoms with Gasteiger partial charge in [0.1, 0.15) is 18.2 Å². The van der Waals surface area contributed by atoms with Crippen molar-refractivity contribution in [2.45, 2.75) is 0 Å². The van der Waals surface area contributed by atoms with Crippen molar-refractivity contribution in [3.05, 3.63) is 23.8 Å². The van der Waals surface area contributed by atoms with Crippen LogP contribution in [0.3, 0.4) is 0 Å². The number of imidazole rings is 1. The molecule has 64 valence electrons. The number of fused-ring (bicyclic) bond motifs is 1. The molecule has 0 bridgehead atoms. The van der Waals surface area contributed by atoms with Gasteiger partial charge in [0.15, 0.2) is 5.65 Å². The van der Waals surface area contributed by atoms with Crippen molar-refractivity contribution in [2.24, 2.45) is 5.18 Å². The lowest BCUT2D eigenvalue weighted by Gasteiger charge is -1.91. The van der Waals surface area contributed by atoms with Crippen LogP contribution in [0, 0.1) is 4.91 Å². The van der Waals surface area contributed by atoms with Crippen LogP contribution >= 0.6 is 0 Å². The molecule has 0 spiro atoms. The average molecular weight is 177 g/mol. The predicted octanol–water partition coefficient (Wildman–Crippen LogP) is 0.561. The average Bonchev–Trinajstić information content (AvgIpc) is 2.60. The highest BCUT2D eigenvalue weighted by molar-refractivity contribution is 5.87. The normalized spacial score (nSPS) is 10.2. The van der Waals surface area contributed by atoms with E-state index in [2.05, 4.69) is 20.1 Å². The van der Waals surface area contributed by atoms with E-state index in [1.165, 1.54) is 18.9 Å². The molecule has 2 heterocycles. The highest BCUT2D eigenvalue weighted by Gasteiger charge is 2.09. The van der Waals surface area contributed by atoms with Gasteiger partial charge in [0, 0.05) is 5.18 Å². The number of nitroso groups, excluding NO2 is 1. The number of amides is 1. The highest BCUT2D eigenvalue weighted by Crippen LogP contribution is 2.07. The minimum absolute atomic E-state index is 0.354. The molecule has 0 N–H and O–H groups in total. The molecule has 2 aromatic rings. The van der Waals surface area contributed by atoms with Gasteiger partial charge in [-0.05, 0) is 0 Å². The van der Waals surface area contributed by atoms with Crippen LogP contribution in [0.15, 0.2) is 24.0 Å². The van der Waals surface area contributed by atoms with Crippen LogP contribution in [-0.2, 0) is 0 Å². The van der Waals surface area contributed by atoms with Gasteiger partial charge < -0.3 is 0 Å². The lowest BCUT2D eigenvalue weighted by atomic mass is 10.5. The van der Waals surface area contributed by atoms with Crippen molar-refractivity contribution in [1.82, 2.24) is 19.5 Å². The van der Waals surface area contributed by atoms with Crippen molar-refractivity contribution in [1.29, 1.82) is 0 Å². The Hall–Kier alpha value is -2.18. The molecule has 0 unspecified atom stereocenters. The second kappa shape index (κ2) is 2.70. The molecule has 0 aliphatic heterocycles. The maximum atomic E-state index is 10.9. The van der Waals surface area contributed by atoms with E-state index in [-0.39, 0.29) is 0 Å². The monoisotopic (exact) mass is 177 g/mol. The van der Waals surface area contributed by atoms with E-state index in [0.717, 1.165) is 4.57 Å². The van der Waals surface area contributed by atoms with Gasteiger partial charge in [0.2, 0.25) is 0 Å².